The molecule has 1 saturated heterocycles. The molecule has 5 heteroatoms. The van der Waals surface area contributed by atoms with E-state index >= 15 is 0 Å². The molecule has 2 aromatic rings. The van der Waals surface area contributed by atoms with Crippen LogP contribution in [-0.2, 0) is 15.9 Å². The Morgan fingerprint density at radius 1 is 1.20 bits per heavy atom. The van der Waals surface area contributed by atoms with Crippen molar-refractivity contribution in [3.05, 3.63) is 35.1 Å². The van der Waals surface area contributed by atoms with Gasteiger partial charge in [0.15, 0.2) is 5.79 Å². The van der Waals surface area contributed by atoms with Gasteiger partial charge in [-0.1, -0.05) is 23.7 Å². The largest absolute Gasteiger partial charge is 0.370 e. The van der Waals surface area contributed by atoms with Crippen LogP contribution in [0.25, 0.3) is 10.8 Å². The predicted octanol–water partition coefficient (Wildman–Crippen LogP) is 4.18. The van der Waals surface area contributed by atoms with Crippen molar-refractivity contribution in [2.75, 3.05) is 31.2 Å². The van der Waals surface area contributed by atoms with Gasteiger partial charge in [0.2, 0.25) is 0 Å². The molecule has 25 heavy (non-hydrogen) atoms. The summed E-state index contributed by atoms with van der Waals surface area (Å²) >= 11 is 6.36. The molecule has 1 saturated carbocycles. The van der Waals surface area contributed by atoms with Crippen LogP contribution in [0.2, 0.25) is 5.15 Å². The molecule has 5 rings (SSSR count). The van der Waals surface area contributed by atoms with Crippen molar-refractivity contribution in [3.8, 4) is 0 Å². The van der Waals surface area contributed by atoms with Crippen LogP contribution < -0.4 is 4.90 Å². The molecule has 1 aliphatic carbocycles. The number of halogens is 1. The van der Waals surface area contributed by atoms with Crippen molar-refractivity contribution < 1.29 is 9.47 Å². The molecule has 0 radical (unpaired) electrons. The van der Waals surface area contributed by atoms with E-state index in [-0.39, 0.29) is 5.79 Å². The average molecular weight is 359 g/mol. The van der Waals surface area contributed by atoms with Gasteiger partial charge >= 0.3 is 0 Å². The van der Waals surface area contributed by atoms with Crippen LogP contribution >= 0.6 is 11.6 Å². The first kappa shape index (κ1) is 15.9. The summed E-state index contributed by atoms with van der Waals surface area (Å²) in [7, 11) is 0. The molecule has 0 N–H and O–H groups in total. The molecule has 1 aromatic heterocycles. The monoisotopic (exact) mass is 358 g/mol. The fourth-order valence-corrected chi connectivity index (χ4v) is 4.98. The SMILES string of the molecule is Clc1ncc2cccc3c2c1CCN3CC1CCC2(CC1)OCCO2. The summed E-state index contributed by atoms with van der Waals surface area (Å²) in [4.78, 5) is 6.90. The van der Waals surface area contributed by atoms with E-state index in [9.17, 15) is 0 Å². The highest BCUT2D eigenvalue weighted by molar-refractivity contribution is 6.31. The molecule has 1 spiro atoms. The van der Waals surface area contributed by atoms with Gasteiger partial charge < -0.3 is 14.4 Å². The number of nitrogens with zero attached hydrogens (tertiary/aromatic N) is 2. The van der Waals surface area contributed by atoms with Crippen molar-refractivity contribution in [1.29, 1.82) is 0 Å². The van der Waals surface area contributed by atoms with Gasteiger partial charge in [0.05, 0.1) is 13.2 Å². The van der Waals surface area contributed by atoms with Gasteiger partial charge in [0.25, 0.3) is 0 Å². The molecule has 2 fully saturated rings. The molecular weight excluding hydrogens is 336 g/mol. The number of hydrogen-bond acceptors (Lipinski definition) is 4. The summed E-state index contributed by atoms with van der Waals surface area (Å²) in [6, 6.07) is 6.49. The predicted molar refractivity (Wildman–Crippen MR) is 99.3 cm³/mol. The summed E-state index contributed by atoms with van der Waals surface area (Å²) in [5.74, 6) is 0.442. The Morgan fingerprint density at radius 3 is 2.80 bits per heavy atom. The van der Waals surface area contributed by atoms with Crippen molar-refractivity contribution in [3.63, 3.8) is 0 Å². The lowest BCUT2D eigenvalue weighted by molar-refractivity contribution is -0.182. The van der Waals surface area contributed by atoms with E-state index in [1.807, 2.05) is 6.20 Å². The maximum absolute atomic E-state index is 6.36. The minimum Gasteiger partial charge on any atom is -0.370 e. The minimum atomic E-state index is -0.260. The molecule has 0 unspecified atom stereocenters. The minimum absolute atomic E-state index is 0.260. The number of pyridine rings is 1. The first-order chi connectivity index (χ1) is 12.2. The number of anilines is 1. The molecule has 3 heterocycles. The topological polar surface area (TPSA) is 34.6 Å². The zero-order valence-electron chi connectivity index (χ0n) is 14.3. The second-order valence-corrected chi connectivity index (χ2v) is 7.87. The Labute approximate surface area is 153 Å². The standard InChI is InChI=1S/C20H23ClN2O2/c21-19-16-6-9-23(17-3-1-2-15(12-22-19)18(16)17)13-14-4-7-20(8-5-14)24-10-11-25-20/h1-3,12,14H,4-11,13H2. The van der Waals surface area contributed by atoms with E-state index in [1.54, 1.807) is 0 Å². The smallest absolute Gasteiger partial charge is 0.168 e. The molecule has 0 amide bonds. The summed E-state index contributed by atoms with van der Waals surface area (Å²) in [6.07, 6.45) is 7.29. The second kappa shape index (κ2) is 6.11. The van der Waals surface area contributed by atoms with E-state index in [2.05, 4.69) is 28.1 Å². The molecule has 1 aromatic carbocycles. The third kappa shape index (κ3) is 2.71. The summed E-state index contributed by atoms with van der Waals surface area (Å²) in [5, 5.41) is 3.15. The van der Waals surface area contributed by atoms with Gasteiger partial charge in [-0.2, -0.15) is 0 Å². The Morgan fingerprint density at radius 2 is 2.00 bits per heavy atom. The molecule has 0 bridgehead atoms. The number of benzene rings is 1. The van der Waals surface area contributed by atoms with Gasteiger partial charge in [0, 0.05) is 54.2 Å². The Balaban J connectivity index is 1.37. The van der Waals surface area contributed by atoms with E-state index in [0.717, 1.165) is 45.6 Å². The third-order valence-corrected chi connectivity index (χ3v) is 6.40. The molecule has 132 valence electrons. The van der Waals surface area contributed by atoms with Crippen molar-refractivity contribution in [2.45, 2.75) is 37.9 Å². The normalized spacial score (nSPS) is 22.8. The zero-order chi connectivity index (χ0) is 16.9. The van der Waals surface area contributed by atoms with E-state index < -0.39 is 0 Å². The highest BCUT2D eigenvalue weighted by atomic mass is 35.5. The quantitative estimate of drug-likeness (QED) is 0.754. The maximum atomic E-state index is 6.36. The first-order valence-electron chi connectivity index (χ1n) is 9.33. The number of ether oxygens (including phenoxy) is 2. The molecule has 3 aliphatic rings. The number of rotatable bonds is 2. The highest BCUT2D eigenvalue weighted by Gasteiger charge is 2.40. The molecular formula is C20H23ClN2O2. The molecule has 4 nitrogen and oxygen atoms in total. The first-order valence-corrected chi connectivity index (χ1v) is 9.71. The Hall–Kier alpha value is -1.36. The van der Waals surface area contributed by atoms with Crippen molar-refractivity contribution >= 4 is 28.1 Å². The summed E-state index contributed by atoms with van der Waals surface area (Å²) in [6.45, 7) is 3.63. The van der Waals surface area contributed by atoms with Crippen molar-refractivity contribution in [2.24, 2.45) is 5.92 Å². The third-order valence-electron chi connectivity index (χ3n) is 6.07. The molecule has 0 atom stereocenters. The number of aromatic nitrogens is 1. The van der Waals surface area contributed by atoms with Gasteiger partial charge in [-0.3, -0.25) is 0 Å². The second-order valence-electron chi connectivity index (χ2n) is 7.52. The van der Waals surface area contributed by atoms with Crippen LogP contribution in [0, 0.1) is 5.92 Å². The molecule has 2 aliphatic heterocycles. The van der Waals surface area contributed by atoms with Gasteiger partial charge in [-0.25, -0.2) is 4.98 Å². The lowest BCUT2D eigenvalue weighted by Gasteiger charge is -2.39. The summed E-state index contributed by atoms with van der Waals surface area (Å²) < 4.78 is 11.7. The average Bonchev–Trinajstić information content (AvgIpc) is 3.10. The van der Waals surface area contributed by atoms with Gasteiger partial charge in [0.1, 0.15) is 5.15 Å². The van der Waals surface area contributed by atoms with Crippen LogP contribution in [0.1, 0.15) is 31.2 Å². The summed E-state index contributed by atoms with van der Waals surface area (Å²) in [5.41, 5.74) is 2.53. The Bertz CT molecular complexity index is 794. The van der Waals surface area contributed by atoms with Crippen LogP contribution in [-0.4, -0.2) is 37.1 Å². The Kier molecular flexibility index (Phi) is 3.88. The van der Waals surface area contributed by atoms with Crippen molar-refractivity contribution in [1.82, 2.24) is 4.98 Å². The van der Waals surface area contributed by atoms with Crippen LogP contribution in [0.4, 0.5) is 5.69 Å². The van der Waals surface area contributed by atoms with Crippen LogP contribution in [0.15, 0.2) is 24.4 Å². The van der Waals surface area contributed by atoms with Gasteiger partial charge in [-0.05, 0) is 31.2 Å². The van der Waals surface area contributed by atoms with Gasteiger partial charge in [-0.15, -0.1) is 0 Å². The lowest BCUT2D eigenvalue weighted by atomic mass is 9.84. The van der Waals surface area contributed by atoms with E-state index in [1.165, 1.54) is 34.9 Å². The van der Waals surface area contributed by atoms with E-state index in [4.69, 9.17) is 21.1 Å². The fraction of sp³-hybridized carbons (Fsp3) is 0.550. The fourth-order valence-electron chi connectivity index (χ4n) is 4.75. The zero-order valence-corrected chi connectivity index (χ0v) is 15.1. The van der Waals surface area contributed by atoms with Crippen LogP contribution in [0.3, 0.4) is 0 Å². The maximum Gasteiger partial charge on any atom is 0.168 e. The van der Waals surface area contributed by atoms with E-state index in [0.29, 0.717) is 11.1 Å². The number of hydrogen-bond donors (Lipinski definition) is 0. The lowest BCUT2D eigenvalue weighted by Crippen LogP contribution is -2.40. The van der Waals surface area contributed by atoms with Crippen LogP contribution in [0.5, 0.6) is 0 Å². The highest BCUT2D eigenvalue weighted by Crippen LogP contribution is 2.41.